The minimum atomic E-state index is -1.32. The first-order chi connectivity index (χ1) is 8.63. The zero-order valence-electron chi connectivity index (χ0n) is 10.3. The maximum absolute atomic E-state index is 9.85. The van der Waals surface area contributed by atoms with Crippen molar-refractivity contribution < 1.29 is 25.2 Å². The summed E-state index contributed by atoms with van der Waals surface area (Å²) in [5.74, 6) is 0. The average molecular weight is 262 g/mol. The SMILES string of the molecule is OC[C@H]1O[C@@H](NN2CCCCC2)[C@H](O)[C@@H](O)[C@H]1O. The third-order valence-electron chi connectivity index (χ3n) is 3.56. The standard InChI is InChI=1S/C11H22N2O5/c14-6-7-8(15)9(16)10(17)11(18-7)12-13-4-2-1-3-5-13/h7-12,14-17H,1-6H2/t7-,8+,9+,10-,11-/m1/s1. The summed E-state index contributed by atoms with van der Waals surface area (Å²) in [5.41, 5.74) is 3.00. The molecule has 0 saturated carbocycles. The lowest BCUT2D eigenvalue weighted by Crippen LogP contribution is -2.65. The fourth-order valence-electron chi connectivity index (χ4n) is 2.41. The molecular formula is C11H22N2O5. The quantitative estimate of drug-likeness (QED) is 0.392. The summed E-state index contributed by atoms with van der Waals surface area (Å²) in [6.07, 6.45) is -2.17. The van der Waals surface area contributed by atoms with Crippen LogP contribution in [0, 0.1) is 0 Å². The summed E-state index contributed by atoms with van der Waals surface area (Å²) in [5, 5.41) is 40.1. The highest BCUT2D eigenvalue weighted by atomic mass is 16.6. The van der Waals surface area contributed by atoms with Crippen LogP contribution in [0.1, 0.15) is 19.3 Å². The number of hydrogen-bond acceptors (Lipinski definition) is 7. The molecule has 5 atom stereocenters. The lowest BCUT2D eigenvalue weighted by molar-refractivity contribution is -0.248. The normalized spacial score (nSPS) is 43.0. The van der Waals surface area contributed by atoms with E-state index in [9.17, 15) is 15.3 Å². The molecule has 106 valence electrons. The number of hydrazine groups is 1. The third kappa shape index (κ3) is 3.00. The van der Waals surface area contributed by atoms with Crippen LogP contribution >= 0.6 is 0 Å². The Hall–Kier alpha value is -0.280. The van der Waals surface area contributed by atoms with E-state index in [1.54, 1.807) is 0 Å². The van der Waals surface area contributed by atoms with Gasteiger partial charge in [0, 0.05) is 13.1 Å². The number of nitrogens with zero attached hydrogens (tertiary/aromatic N) is 1. The summed E-state index contributed by atoms with van der Waals surface area (Å²) in [6.45, 7) is 1.31. The fraction of sp³-hybridized carbons (Fsp3) is 1.00. The molecule has 2 aliphatic heterocycles. The van der Waals surface area contributed by atoms with E-state index >= 15 is 0 Å². The predicted octanol–water partition coefficient (Wildman–Crippen LogP) is -2.22. The van der Waals surface area contributed by atoms with Crippen LogP contribution in [0.4, 0.5) is 0 Å². The number of aliphatic hydroxyl groups excluding tert-OH is 4. The minimum Gasteiger partial charge on any atom is -0.394 e. The van der Waals surface area contributed by atoms with Gasteiger partial charge >= 0.3 is 0 Å². The predicted molar refractivity (Wildman–Crippen MR) is 62.3 cm³/mol. The Morgan fingerprint density at radius 1 is 1.00 bits per heavy atom. The first-order valence-electron chi connectivity index (χ1n) is 6.45. The van der Waals surface area contributed by atoms with Crippen molar-refractivity contribution >= 4 is 0 Å². The van der Waals surface area contributed by atoms with Crippen LogP contribution in [0.15, 0.2) is 0 Å². The highest BCUT2D eigenvalue weighted by Gasteiger charge is 2.43. The van der Waals surface area contributed by atoms with Gasteiger partial charge in [0.05, 0.1) is 6.61 Å². The summed E-state index contributed by atoms with van der Waals surface area (Å²) in [4.78, 5) is 0. The van der Waals surface area contributed by atoms with Gasteiger partial charge < -0.3 is 25.2 Å². The third-order valence-corrected chi connectivity index (χ3v) is 3.56. The molecule has 0 aromatic rings. The van der Waals surface area contributed by atoms with Crippen molar-refractivity contribution in [1.82, 2.24) is 10.4 Å². The Bertz CT molecular complexity index is 260. The van der Waals surface area contributed by atoms with E-state index in [0.29, 0.717) is 0 Å². The molecular weight excluding hydrogens is 240 g/mol. The van der Waals surface area contributed by atoms with Crippen molar-refractivity contribution in [3.8, 4) is 0 Å². The molecule has 2 heterocycles. The largest absolute Gasteiger partial charge is 0.394 e. The Kier molecular flexibility index (Phi) is 4.91. The van der Waals surface area contributed by atoms with E-state index in [1.165, 1.54) is 6.42 Å². The highest BCUT2D eigenvalue weighted by molar-refractivity contribution is 4.90. The molecule has 2 rings (SSSR count). The molecule has 0 aromatic carbocycles. The zero-order chi connectivity index (χ0) is 13.1. The van der Waals surface area contributed by atoms with Gasteiger partial charge in [-0.25, -0.2) is 10.4 Å². The van der Waals surface area contributed by atoms with Crippen molar-refractivity contribution in [3.63, 3.8) is 0 Å². The molecule has 2 fully saturated rings. The Labute approximate surface area is 106 Å². The van der Waals surface area contributed by atoms with Crippen LogP contribution in [0.25, 0.3) is 0 Å². The van der Waals surface area contributed by atoms with E-state index in [4.69, 9.17) is 9.84 Å². The molecule has 5 N–H and O–H groups in total. The first-order valence-corrected chi connectivity index (χ1v) is 6.45. The lowest BCUT2D eigenvalue weighted by Gasteiger charge is -2.42. The number of hydrogen-bond donors (Lipinski definition) is 5. The maximum atomic E-state index is 9.85. The topological polar surface area (TPSA) is 105 Å². The van der Waals surface area contributed by atoms with Crippen LogP contribution in [0.3, 0.4) is 0 Å². The molecule has 0 radical (unpaired) electrons. The molecule has 0 aliphatic carbocycles. The van der Waals surface area contributed by atoms with Crippen molar-refractivity contribution in [2.24, 2.45) is 0 Å². The molecule has 0 bridgehead atoms. The number of nitrogens with one attached hydrogen (secondary N) is 1. The molecule has 0 unspecified atom stereocenters. The van der Waals surface area contributed by atoms with E-state index in [2.05, 4.69) is 5.43 Å². The second-order valence-corrected chi connectivity index (χ2v) is 4.93. The minimum absolute atomic E-state index is 0.400. The van der Waals surface area contributed by atoms with Gasteiger partial charge in [0.1, 0.15) is 30.6 Å². The summed E-state index contributed by atoms with van der Waals surface area (Å²) < 4.78 is 5.37. The van der Waals surface area contributed by atoms with Crippen LogP contribution in [0.2, 0.25) is 0 Å². The van der Waals surface area contributed by atoms with Crippen LogP contribution in [-0.2, 0) is 4.74 Å². The van der Waals surface area contributed by atoms with Gasteiger partial charge in [-0.2, -0.15) is 0 Å². The molecule has 0 spiro atoms. The van der Waals surface area contributed by atoms with Crippen LogP contribution in [-0.4, -0.2) is 75.8 Å². The number of piperidine rings is 1. The first kappa shape index (κ1) is 14.1. The second-order valence-electron chi connectivity index (χ2n) is 4.93. The number of rotatable bonds is 3. The van der Waals surface area contributed by atoms with Gasteiger partial charge in [-0.05, 0) is 12.8 Å². The highest BCUT2D eigenvalue weighted by Crippen LogP contribution is 2.20. The number of aliphatic hydroxyl groups is 4. The van der Waals surface area contributed by atoms with Gasteiger partial charge in [0.15, 0.2) is 0 Å². The van der Waals surface area contributed by atoms with Gasteiger partial charge in [0.25, 0.3) is 0 Å². The summed E-state index contributed by atoms with van der Waals surface area (Å²) >= 11 is 0. The zero-order valence-corrected chi connectivity index (χ0v) is 10.3. The molecule has 18 heavy (non-hydrogen) atoms. The average Bonchev–Trinajstić information content (AvgIpc) is 2.40. The smallest absolute Gasteiger partial charge is 0.150 e. The fourth-order valence-corrected chi connectivity index (χ4v) is 2.41. The maximum Gasteiger partial charge on any atom is 0.150 e. The van der Waals surface area contributed by atoms with Crippen molar-refractivity contribution in [3.05, 3.63) is 0 Å². The molecule has 0 aromatic heterocycles. The van der Waals surface area contributed by atoms with Crippen molar-refractivity contribution in [2.45, 2.75) is 49.9 Å². The van der Waals surface area contributed by atoms with E-state index < -0.39 is 37.3 Å². The van der Waals surface area contributed by atoms with Crippen LogP contribution < -0.4 is 5.43 Å². The Morgan fingerprint density at radius 3 is 2.28 bits per heavy atom. The summed E-state index contributed by atoms with van der Waals surface area (Å²) in [7, 11) is 0. The van der Waals surface area contributed by atoms with Crippen molar-refractivity contribution in [1.29, 1.82) is 0 Å². The monoisotopic (exact) mass is 262 g/mol. The molecule has 2 saturated heterocycles. The van der Waals surface area contributed by atoms with Crippen LogP contribution in [0.5, 0.6) is 0 Å². The van der Waals surface area contributed by atoms with Gasteiger partial charge in [-0.3, -0.25) is 0 Å². The van der Waals surface area contributed by atoms with E-state index in [-0.39, 0.29) is 0 Å². The van der Waals surface area contributed by atoms with Gasteiger partial charge in [-0.1, -0.05) is 6.42 Å². The molecule has 7 nitrogen and oxygen atoms in total. The Balaban J connectivity index is 1.93. The molecule has 2 aliphatic rings. The Morgan fingerprint density at radius 2 is 1.67 bits per heavy atom. The second kappa shape index (κ2) is 6.25. The summed E-state index contributed by atoms with van der Waals surface area (Å²) in [6, 6.07) is 0. The lowest BCUT2D eigenvalue weighted by atomic mass is 9.98. The van der Waals surface area contributed by atoms with Gasteiger partial charge in [0.2, 0.25) is 0 Å². The molecule has 0 amide bonds. The molecule has 7 heteroatoms. The van der Waals surface area contributed by atoms with E-state index in [1.807, 2.05) is 5.01 Å². The van der Waals surface area contributed by atoms with Crippen molar-refractivity contribution in [2.75, 3.05) is 19.7 Å². The van der Waals surface area contributed by atoms with Gasteiger partial charge in [-0.15, -0.1) is 0 Å². The number of ether oxygens (including phenoxy) is 1. The van der Waals surface area contributed by atoms with E-state index in [0.717, 1.165) is 25.9 Å².